The van der Waals surface area contributed by atoms with Gasteiger partial charge >= 0.3 is 0 Å². The van der Waals surface area contributed by atoms with Gasteiger partial charge in [-0.1, -0.05) is 25.1 Å². The minimum Gasteiger partial charge on any atom is -0.375 e. The third-order valence-electron chi connectivity index (χ3n) is 5.59. The number of rotatable bonds is 8. The first-order chi connectivity index (χ1) is 13.9. The monoisotopic (exact) mass is 403 g/mol. The molecule has 29 heavy (non-hydrogen) atoms. The van der Waals surface area contributed by atoms with E-state index in [0.717, 1.165) is 12.0 Å². The van der Waals surface area contributed by atoms with Crippen LogP contribution in [0.1, 0.15) is 49.0 Å². The van der Waals surface area contributed by atoms with Gasteiger partial charge < -0.3 is 20.3 Å². The highest BCUT2D eigenvalue weighted by molar-refractivity contribution is 5.98. The number of aryl methyl sites for hydroxylation is 1. The van der Waals surface area contributed by atoms with E-state index in [0.29, 0.717) is 31.5 Å². The number of hydrogen-bond donors (Lipinski definition) is 2. The Morgan fingerprint density at radius 3 is 2.41 bits per heavy atom. The predicted molar refractivity (Wildman–Crippen MR) is 112 cm³/mol. The molecule has 2 rings (SSSR count). The fourth-order valence-corrected chi connectivity index (χ4v) is 3.58. The van der Waals surface area contributed by atoms with Crippen molar-refractivity contribution in [3.63, 3.8) is 0 Å². The van der Waals surface area contributed by atoms with Crippen molar-refractivity contribution in [1.29, 1.82) is 0 Å². The number of ether oxygens (including phenoxy) is 1. The van der Waals surface area contributed by atoms with Gasteiger partial charge in [-0.3, -0.25) is 14.4 Å². The molecule has 1 saturated heterocycles. The maximum absolute atomic E-state index is 13.0. The molecule has 0 radical (unpaired) electrons. The average molecular weight is 404 g/mol. The summed E-state index contributed by atoms with van der Waals surface area (Å²) in [4.78, 5) is 39.6. The Hall–Kier alpha value is -2.41. The lowest BCUT2D eigenvalue weighted by molar-refractivity contribution is -0.136. The highest BCUT2D eigenvalue weighted by Gasteiger charge is 2.34. The Morgan fingerprint density at radius 1 is 1.17 bits per heavy atom. The highest BCUT2D eigenvalue weighted by atomic mass is 16.5. The van der Waals surface area contributed by atoms with Gasteiger partial charge in [-0.25, -0.2) is 0 Å². The lowest BCUT2D eigenvalue weighted by atomic mass is 9.88. The summed E-state index contributed by atoms with van der Waals surface area (Å²) in [7, 11) is 1.50. The number of carbonyl (C=O) groups excluding carboxylic acids is 3. The van der Waals surface area contributed by atoms with E-state index >= 15 is 0 Å². The largest absolute Gasteiger partial charge is 0.375 e. The molecule has 1 aromatic rings. The zero-order valence-electron chi connectivity index (χ0n) is 17.9. The normalized spacial score (nSPS) is 16.8. The van der Waals surface area contributed by atoms with Crippen molar-refractivity contribution >= 4 is 17.7 Å². The zero-order chi connectivity index (χ0) is 21.4. The molecule has 0 bridgehead atoms. The SMILES string of the molecule is CC[C@@H](C)NC(=O)[C@H](NC(=O)c1ccccc1C)C1CCN(C(=O)COC)CC1. The van der Waals surface area contributed by atoms with Crippen molar-refractivity contribution in [3.05, 3.63) is 35.4 Å². The van der Waals surface area contributed by atoms with Crippen LogP contribution in [0.15, 0.2) is 24.3 Å². The van der Waals surface area contributed by atoms with E-state index < -0.39 is 6.04 Å². The highest BCUT2D eigenvalue weighted by Crippen LogP contribution is 2.22. The molecular weight excluding hydrogens is 370 g/mol. The number of piperidine rings is 1. The van der Waals surface area contributed by atoms with Crippen LogP contribution in [0, 0.1) is 12.8 Å². The van der Waals surface area contributed by atoms with Crippen molar-refractivity contribution in [2.75, 3.05) is 26.8 Å². The van der Waals surface area contributed by atoms with Gasteiger partial charge in [0, 0.05) is 31.8 Å². The second-order valence-corrected chi connectivity index (χ2v) is 7.74. The Morgan fingerprint density at radius 2 is 1.83 bits per heavy atom. The standard InChI is InChI=1S/C22H33N3O4/c1-5-16(3)23-22(28)20(24-21(27)18-9-7-6-8-15(18)2)17-10-12-25(13-11-17)19(26)14-29-4/h6-9,16-17,20H,5,10-14H2,1-4H3,(H,23,28)(H,24,27)/t16-,20-/m1/s1. The molecule has 0 aliphatic carbocycles. The van der Waals surface area contributed by atoms with Crippen LogP contribution in [-0.4, -0.2) is 61.5 Å². The Bertz CT molecular complexity index is 714. The van der Waals surface area contributed by atoms with Crippen molar-refractivity contribution in [2.45, 2.75) is 52.1 Å². The van der Waals surface area contributed by atoms with Crippen LogP contribution in [0.5, 0.6) is 0 Å². The van der Waals surface area contributed by atoms with Gasteiger partial charge in [-0.2, -0.15) is 0 Å². The summed E-state index contributed by atoms with van der Waals surface area (Å²) in [6.07, 6.45) is 2.12. The van der Waals surface area contributed by atoms with Crippen molar-refractivity contribution in [2.24, 2.45) is 5.92 Å². The smallest absolute Gasteiger partial charge is 0.252 e. The van der Waals surface area contributed by atoms with Crippen molar-refractivity contribution in [3.8, 4) is 0 Å². The Balaban J connectivity index is 2.11. The first kappa shape index (κ1) is 22.9. The van der Waals surface area contributed by atoms with Crippen molar-refractivity contribution in [1.82, 2.24) is 15.5 Å². The second kappa shape index (κ2) is 11.0. The molecule has 0 unspecified atom stereocenters. The zero-order valence-corrected chi connectivity index (χ0v) is 17.9. The van der Waals surface area contributed by atoms with Crippen molar-refractivity contribution < 1.29 is 19.1 Å². The number of likely N-dealkylation sites (tertiary alicyclic amines) is 1. The lowest BCUT2D eigenvalue weighted by Gasteiger charge is -2.36. The summed E-state index contributed by atoms with van der Waals surface area (Å²) < 4.78 is 4.93. The average Bonchev–Trinajstić information content (AvgIpc) is 2.72. The van der Waals surface area contributed by atoms with E-state index in [9.17, 15) is 14.4 Å². The Labute approximate surface area is 173 Å². The number of hydrogen-bond acceptors (Lipinski definition) is 4. The summed E-state index contributed by atoms with van der Waals surface area (Å²) >= 11 is 0. The van der Waals surface area contributed by atoms with Crippen LogP contribution in [0.2, 0.25) is 0 Å². The molecule has 1 heterocycles. The molecule has 7 nitrogen and oxygen atoms in total. The minimum atomic E-state index is -0.629. The molecule has 1 aliphatic heterocycles. The summed E-state index contributed by atoms with van der Waals surface area (Å²) in [5.74, 6) is -0.484. The van der Waals surface area contributed by atoms with E-state index in [1.54, 1.807) is 11.0 Å². The maximum atomic E-state index is 13.0. The van der Waals surface area contributed by atoms with E-state index in [1.165, 1.54) is 7.11 Å². The molecular formula is C22H33N3O4. The van der Waals surface area contributed by atoms with Crippen LogP contribution in [0.3, 0.4) is 0 Å². The van der Waals surface area contributed by atoms with Gasteiger partial charge in [0.1, 0.15) is 12.6 Å². The molecule has 1 aromatic carbocycles. The number of nitrogens with zero attached hydrogens (tertiary/aromatic N) is 1. The number of benzene rings is 1. The molecule has 160 valence electrons. The first-order valence-electron chi connectivity index (χ1n) is 10.3. The molecule has 0 spiro atoms. The summed E-state index contributed by atoms with van der Waals surface area (Å²) in [5, 5.41) is 5.96. The quantitative estimate of drug-likeness (QED) is 0.694. The van der Waals surface area contributed by atoms with Gasteiger partial charge in [0.25, 0.3) is 5.91 Å². The molecule has 2 N–H and O–H groups in total. The number of methoxy groups -OCH3 is 1. The van der Waals surface area contributed by atoms with Gasteiger partial charge in [0.2, 0.25) is 11.8 Å². The number of amides is 3. The molecule has 3 amide bonds. The number of carbonyl (C=O) groups is 3. The minimum absolute atomic E-state index is 0.0291. The summed E-state index contributed by atoms with van der Waals surface area (Å²) in [6, 6.07) is 6.74. The molecule has 1 fully saturated rings. The lowest BCUT2D eigenvalue weighted by Crippen LogP contribution is -2.55. The molecule has 0 aromatic heterocycles. The first-order valence-corrected chi connectivity index (χ1v) is 10.3. The van der Waals surface area contributed by atoms with E-state index in [-0.39, 0.29) is 36.3 Å². The third-order valence-corrected chi connectivity index (χ3v) is 5.59. The second-order valence-electron chi connectivity index (χ2n) is 7.74. The van der Waals surface area contributed by atoms with Crippen LogP contribution < -0.4 is 10.6 Å². The maximum Gasteiger partial charge on any atom is 0.252 e. The number of nitrogens with one attached hydrogen (secondary N) is 2. The molecule has 1 aliphatic rings. The van der Waals surface area contributed by atoms with E-state index in [4.69, 9.17) is 4.74 Å². The van der Waals surface area contributed by atoms with Crippen LogP contribution in [0.4, 0.5) is 0 Å². The topological polar surface area (TPSA) is 87.7 Å². The fourth-order valence-electron chi connectivity index (χ4n) is 3.58. The molecule has 0 saturated carbocycles. The van der Waals surface area contributed by atoms with Gasteiger partial charge in [0.15, 0.2) is 0 Å². The molecule has 7 heteroatoms. The third kappa shape index (κ3) is 6.29. The van der Waals surface area contributed by atoms with Crippen LogP contribution in [-0.2, 0) is 14.3 Å². The van der Waals surface area contributed by atoms with Gasteiger partial charge in [-0.15, -0.1) is 0 Å². The van der Waals surface area contributed by atoms with E-state index in [2.05, 4.69) is 10.6 Å². The Kier molecular flexibility index (Phi) is 8.64. The predicted octanol–water partition coefficient (Wildman–Crippen LogP) is 1.89. The van der Waals surface area contributed by atoms with Crippen LogP contribution >= 0.6 is 0 Å². The fraction of sp³-hybridized carbons (Fsp3) is 0.591. The van der Waals surface area contributed by atoms with E-state index in [1.807, 2.05) is 39.0 Å². The van der Waals surface area contributed by atoms with Gasteiger partial charge in [-0.05, 0) is 50.7 Å². The summed E-state index contributed by atoms with van der Waals surface area (Å²) in [5.41, 5.74) is 1.44. The van der Waals surface area contributed by atoms with Crippen LogP contribution in [0.25, 0.3) is 0 Å². The van der Waals surface area contributed by atoms with Gasteiger partial charge in [0.05, 0.1) is 0 Å². The summed E-state index contributed by atoms with van der Waals surface area (Å²) in [6.45, 7) is 7.01. The molecule has 2 atom stereocenters.